The lowest BCUT2D eigenvalue weighted by atomic mass is 10.1. The first-order valence-corrected chi connectivity index (χ1v) is 6.07. The van der Waals surface area contributed by atoms with Gasteiger partial charge in [-0.2, -0.15) is 5.10 Å². The van der Waals surface area contributed by atoms with Gasteiger partial charge in [0.25, 0.3) is 0 Å². The van der Waals surface area contributed by atoms with E-state index in [1.54, 1.807) is 0 Å². The summed E-state index contributed by atoms with van der Waals surface area (Å²) in [5.74, 6) is 0.682. The summed E-state index contributed by atoms with van der Waals surface area (Å²) < 4.78 is 1.95. The molecule has 2 N–H and O–H groups in total. The second-order valence-electron chi connectivity index (χ2n) is 5.17. The van der Waals surface area contributed by atoms with Crippen LogP contribution in [0.25, 0.3) is 0 Å². The first kappa shape index (κ1) is 11.6. The van der Waals surface area contributed by atoms with E-state index in [0.717, 1.165) is 19.5 Å². The van der Waals surface area contributed by atoms with Gasteiger partial charge in [0.2, 0.25) is 0 Å². The Morgan fingerprint density at radius 1 is 1.56 bits per heavy atom. The SMILES string of the molecule is CC(C)CN1CCC(N)C1c1ccnn1C. The maximum Gasteiger partial charge on any atom is 0.0671 e. The van der Waals surface area contributed by atoms with Crippen molar-refractivity contribution in [3.8, 4) is 0 Å². The Balaban J connectivity index is 2.19. The number of likely N-dealkylation sites (tertiary alicyclic amines) is 1. The quantitative estimate of drug-likeness (QED) is 0.834. The average Bonchev–Trinajstić information content (AvgIpc) is 2.73. The molecule has 0 amide bonds. The minimum atomic E-state index is 0.245. The van der Waals surface area contributed by atoms with E-state index in [-0.39, 0.29) is 6.04 Å². The van der Waals surface area contributed by atoms with Gasteiger partial charge in [-0.05, 0) is 18.4 Å². The monoisotopic (exact) mass is 222 g/mol. The molecule has 1 aromatic heterocycles. The van der Waals surface area contributed by atoms with E-state index in [2.05, 4.69) is 29.9 Å². The van der Waals surface area contributed by atoms with Gasteiger partial charge < -0.3 is 5.73 Å². The highest BCUT2D eigenvalue weighted by Crippen LogP contribution is 2.31. The van der Waals surface area contributed by atoms with Gasteiger partial charge in [-0.25, -0.2) is 0 Å². The van der Waals surface area contributed by atoms with Crippen molar-refractivity contribution >= 4 is 0 Å². The van der Waals surface area contributed by atoms with Gasteiger partial charge in [0, 0.05) is 32.4 Å². The standard InChI is InChI=1S/C12H22N4/c1-9(2)8-16-7-5-10(13)12(16)11-4-6-14-15(11)3/h4,6,9-10,12H,5,7-8,13H2,1-3H3. The molecule has 4 heteroatoms. The van der Waals surface area contributed by atoms with Crippen LogP contribution in [0.15, 0.2) is 12.3 Å². The van der Waals surface area contributed by atoms with Crippen LogP contribution in [0, 0.1) is 5.92 Å². The van der Waals surface area contributed by atoms with Crippen LogP contribution in [0.5, 0.6) is 0 Å². The van der Waals surface area contributed by atoms with Crippen molar-refractivity contribution in [2.45, 2.75) is 32.4 Å². The third-order valence-electron chi connectivity index (χ3n) is 3.31. The van der Waals surface area contributed by atoms with E-state index < -0.39 is 0 Å². The van der Waals surface area contributed by atoms with Gasteiger partial charge in [-0.1, -0.05) is 13.8 Å². The number of nitrogens with two attached hydrogens (primary N) is 1. The Morgan fingerprint density at radius 3 is 2.88 bits per heavy atom. The van der Waals surface area contributed by atoms with Gasteiger partial charge in [0.15, 0.2) is 0 Å². The summed E-state index contributed by atoms with van der Waals surface area (Å²) in [4.78, 5) is 2.49. The van der Waals surface area contributed by atoms with E-state index in [9.17, 15) is 0 Å². The van der Waals surface area contributed by atoms with Crippen LogP contribution in [0.1, 0.15) is 32.0 Å². The molecule has 1 aliphatic rings. The molecule has 2 rings (SSSR count). The van der Waals surface area contributed by atoms with Crippen LogP contribution in [-0.2, 0) is 7.05 Å². The lowest BCUT2D eigenvalue weighted by Crippen LogP contribution is -2.35. The molecule has 0 aliphatic carbocycles. The van der Waals surface area contributed by atoms with Gasteiger partial charge in [0.1, 0.15) is 0 Å². The van der Waals surface area contributed by atoms with E-state index in [1.807, 2.05) is 17.9 Å². The Bertz CT molecular complexity index is 345. The molecule has 2 unspecified atom stereocenters. The number of aromatic nitrogens is 2. The van der Waals surface area contributed by atoms with Crippen LogP contribution in [0.4, 0.5) is 0 Å². The van der Waals surface area contributed by atoms with Crippen molar-refractivity contribution in [2.75, 3.05) is 13.1 Å². The zero-order valence-electron chi connectivity index (χ0n) is 10.4. The van der Waals surface area contributed by atoms with Gasteiger partial charge in [-0.15, -0.1) is 0 Å². The van der Waals surface area contributed by atoms with Crippen LogP contribution in [0.3, 0.4) is 0 Å². The van der Waals surface area contributed by atoms with E-state index in [1.165, 1.54) is 5.69 Å². The minimum absolute atomic E-state index is 0.245. The molecule has 0 saturated carbocycles. The molecule has 1 saturated heterocycles. The largest absolute Gasteiger partial charge is 0.326 e. The van der Waals surface area contributed by atoms with E-state index in [0.29, 0.717) is 12.0 Å². The Hall–Kier alpha value is -0.870. The van der Waals surface area contributed by atoms with Gasteiger partial charge in [-0.3, -0.25) is 9.58 Å². The van der Waals surface area contributed by atoms with Crippen molar-refractivity contribution in [1.29, 1.82) is 0 Å². The molecule has 2 heterocycles. The fourth-order valence-corrected chi connectivity index (χ4v) is 2.64. The van der Waals surface area contributed by atoms with Crippen LogP contribution >= 0.6 is 0 Å². The van der Waals surface area contributed by atoms with Crippen LogP contribution < -0.4 is 5.73 Å². The number of hydrogen-bond acceptors (Lipinski definition) is 3. The second kappa shape index (κ2) is 4.55. The Labute approximate surface area is 97.4 Å². The van der Waals surface area contributed by atoms with Crippen molar-refractivity contribution < 1.29 is 0 Å². The summed E-state index contributed by atoms with van der Waals surface area (Å²) in [6.07, 6.45) is 2.94. The summed E-state index contributed by atoms with van der Waals surface area (Å²) in [5, 5.41) is 4.24. The predicted molar refractivity (Wildman–Crippen MR) is 65.0 cm³/mol. The fourth-order valence-electron chi connectivity index (χ4n) is 2.64. The van der Waals surface area contributed by atoms with Crippen molar-refractivity contribution in [2.24, 2.45) is 18.7 Å². The lowest BCUT2D eigenvalue weighted by molar-refractivity contribution is 0.213. The molecule has 4 nitrogen and oxygen atoms in total. The van der Waals surface area contributed by atoms with Gasteiger partial charge >= 0.3 is 0 Å². The molecule has 90 valence electrons. The highest BCUT2D eigenvalue weighted by atomic mass is 15.3. The van der Waals surface area contributed by atoms with E-state index >= 15 is 0 Å². The first-order chi connectivity index (χ1) is 7.59. The molecule has 1 aliphatic heterocycles. The Kier molecular flexibility index (Phi) is 3.30. The Morgan fingerprint density at radius 2 is 2.31 bits per heavy atom. The normalized spacial score (nSPS) is 26.8. The van der Waals surface area contributed by atoms with Crippen molar-refractivity contribution in [3.05, 3.63) is 18.0 Å². The zero-order chi connectivity index (χ0) is 11.7. The molecule has 0 aromatic carbocycles. The van der Waals surface area contributed by atoms with Crippen molar-refractivity contribution in [3.63, 3.8) is 0 Å². The molecule has 0 spiro atoms. The summed E-state index contributed by atoms with van der Waals surface area (Å²) in [5.41, 5.74) is 7.46. The maximum absolute atomic E-state index is 6.22. The minimum Gasteiger partial charge on any atom is -0.326 e. The molecular formula is C12H22N4. The molecule has 0 radical (unpaired) electrons. The highest BCUT2D eigenvalue weighted by Gasteiger charge is 2.34. The highest BCUT2D eigenvalue weighted by molar-refractivity contribution is 5.12. The van der Waals surface area contributed by atoms with Crippen molar-refractivity contribution in [1.82, 2.24) is 14.7 Å². The third kappa shape index (κ3) is 2.13. The molecular weight excluding hydrogens is 200 g/mol. The van der Waals surface area contributed by atoms with Gasteiger partial charge in [0.05, 0.1) is 11.7 Å². The van der Waals surface area contributed by atoms with Crippen LogP contribution in [-0.4, -0.2) is 33.8 Å². The predicted octanol–water partition coefficient (Wildman–Crippen LogP) is 1.15. The number of rotatable bonds is 3. The summed E-state index contributed by atoms with van der Waals surface area (Å²) in [7, 11) is 1.99. The molecule has 1 aromatic rings. The molecule has 16 heavy (non-hydrogen) atoms. The number of aryl methyl sites for hydroxylation is 1. The molecule has 2 atom stereocenters. The molecule has 0 bridgehead atoms. The fraction of sp³-hybridized carbons (Fsp3) is 0.750. The summed E-state index contributed by atoms with van der Waals surface area (Å²) >= 11 is 0. The lowest BCUT2D eigenvalue weighted by Gasteiger charge is -2.28. The van der Waals surface area contributed by atoms with Crippen LogP contribution in [0.2, 0.25) is 0 Å². The number of nitrogens with zero attached hydrogens (tertiary/aromatic N) is 3. The summed E-state index contributed by atoms with van der Waals surface area (Å²) in [6, 6.07) is 2.67. The average molecular weight is 222 g/mol. The van der Waals surface area contributed by atoms with E-state index in [4.69, 9.17) is 5.73 Å². The number of hydrogen-bond donors (Lipinski definition) is 1. The summed E-state index contributed by atoms with van der Waals surface area (Å²) in [6.45, 7) is 6.73. The topological polar surface area (TPSA) is 47.1 Å². The molecule has 1 fully saturated rings. The smallest absolute Gasteiger partial charge is 0.0671 e. The first-order valence-electron chi connectivity index (χ1n) is 6.07. The zero-order valence-corrected chi connectivity index (χ0v) is 10.4. The second-order valence-corrected chi connectivity index (χ2v) is 5.17. The third-order valence-corrected chi connectivity index (χ3v) is 3.31. The maximum atomic E-state index is 6.22.